The van der Waals surface area contributed by atoms with E-state index in [0.717, 1.165) is 11.1 Å². The zero-order chi connectivity index (χ0) is 17.6. The first-order chi connectivity index (χ1) is 12.2. The molecule has 2 amide bonds. The van der Waals surface area contributed by atoms with Crippen molar-refractivity contribution in [1.29, 1.82) is 0 Å². The molecule has 25 heavy (non-hydrogen) atoms. The highest BCUT2D eigenvalue weighted by Crippen LogP contribution is 2.25. The van der Waals surface area contributed by atoms with Gasteiger partial charge in [0.05, 0.1) is 6.61 Å². The van der Waals surface area contributed by atoms with Crippen molar-refractivity contribution in [3.05, 3.63) is 71.3 Å². The summed E-state index contributed by atoms with van der Waals surface area (Å²) in [5, 5.41) is 2.87. The maximum Gasteiger partial charge on any atom is 0.255 e. The van der Waals surface area contributed by atoms with Gasteiger partial charge in [-0.15, -0.1) is 0 Å². The van der Waals surface area contributed by atoms with Crippen LogP contribution in [0.15, 0.2) is 54.6 Å². The first-order valence-corrected chi connectivity index (χ1v) is 8.40. The molecule has 1 N–H and O–H groups in total. The standard InChI is InChI=1S/C20H22N2O3/c1-25-12-11-21-19(23)18(13-15-7-3-2-4-8-15)22-14-16-9-5-6-10-17(16)20(22)24/h2-10,18H,11-14H2,1H3,(H,21,23). The van der Waals surface area contributed by atoms with E-state index in [1.807, 2.05) is 54.6 Å². The summed E-state index contributed by atoms with van der Waals surface area (Å²) in [5.41, 5.74) is 2.68. The second kappa shape index (κ2) is 7.94. The van der Waals surface area contributed by atoms with Crippen LogP contribution in [0, 0.1) is 0 Å². The molecule has 0 saturated heterocycles. The summed E-state index contributed by atoms with van der Waals surface area (Å²) >= 11 is 0. The van der Waals surface area contributed by atoms with E-state index in [1.165, 1.54) is 0 Å². The van der Waals surface area contributed by atoms with E-state index in [4.69, 9.17) is 4.74 Å². The molecule has 0 aliphatic carbocycles. The number of fused-ring (bicyclic) bond motifs is 1. The van der Waals surface area contributed by atoms with Gasteiger partial charge < -0.3 is 15.0 Å². The molecular weight excluding hydrogens is 316 g/mol. The van der Waals surface area contributed by atoms with Crippen LogP contribution in [0.25, 0.3) is 0 Å². The Morgan fingerprint density at radius 3 is 2.60 bits per heavy atom. The molecular formula is C20H22N2O3. The van der Waals surface area contributed by atoms with Gasteiger partial charge in [0.25, 0.3) is 5.91 Å². The third-order valence-corrected chi connectivity index (χ3v) is 4.41. The lowest BCUT2D eigenvalue weighted by Crippen LogP contribution is -2.49. The summed E-state index contributed by atoms with van der Waals surface area (Å²) in [6.45, 7) is 1.33. The Balaban J connectivity index is 1.81. The largest absolute Gasteiger partial charge is 0.383 e. The minimum atomic E-state index is -0.542. The molecule has 0 spiro atoms. The molecule has 0 radical (unpaired) electrons. The number of nitrogens with one attached hydrogen (secondary N) is 1. The predicted molar refractivity (Wildman–Crippen MR) is 95.1 cm³/mol. The molecule has 5 heteroatoms. The average molecular weight is 338 g/mol. The van der Waals surface area contributed by atoms with Crippen molar-refractivity contribution in [1.82, 2.24) is 10.2 Å². The van der Waals surface area contributed by atoms with Crippen LogP contribution in [-0.4, -0.2) is 43.0 Å². The number of benzene rings is 2. The number of ether oxygens (including phenoxy) is 1. The van der Waals surface area contributed by atoms with E-state index in [0.29, 0.717) is 31.7 Å². The fraction of sp³-hybridized carbons (Fsp3) is 0.300. The Morgan fingerprint density at radius 1 is 1.16 bits per heavy atom. The topological polar surface area (TPSA) is 58.6 Å². The van der Waals surface area contributed by atoms with Gasteiger partial charge in [0.1, 0.15) is 6.04 Å². The fourth-order valence-electron chi connectivity index (χ4n) is 3.10. The van der Waals surface area contributed by atoms with Gasteiger partial charge in [0, 0.05) is 32.2 Å². The second-order valence-corrected chi connectivity index (χ2v) is 6.08. The van der Waals surface area contributed by atoms with Gasteiger partial charge in [-0.05, 0) is 17.2 Å². The Kier molecular flexibility index (Phi) is 5.46. The van der Waals surface area contributed by atoms with Crippen LogP contribution in [-0.2, 0) is 22.5 Å². The lowest BCUT2D eigenvalue weighted by molar-refractivity contribution is -0.125. The van der Waals surface area contributed by atoms with Crippen LogP contribution < -0.4 is 5.32 Å². The van der Waals surface area contributed by atoms with Gasteiger partial charge in [-0.3, -0.25) is 9.59 Å². The van der Waals surface area contributed by atoms with Gasteiger partial charge in [0.15, 0.2) is 0 Å². The van der Waals surface area contributed by atoms with Crippen LogP contribution in [0.2, 0.25) is 0 Å². The third-order valence-electron chi connectivity index (χ3n) is 4.41. The molecule has 2 aromatic rings. The molecule has 1 unspecified atom stereocenters. The van der Waals surface area contributed by atoms with E-state index in [-0.39, 0.29) is 11.8 Å². The molecule has 0 aromatic heterocycles. The van der Waals surface area contributed by atoms with Crippen molar-refractivity contribution in [2.24, 2.45) is 0 Å². The molecule has 1 heterocycles. The number of carbonyl (C=O) groups excluding carboxylic acids is 2. The number of rotatable bonds is 7. The number of carbonyl (C=O) groups is 2. The highest BCUT2D eigenvalue weighted by atomic mass is 16.5. The number of amides is 2. The van der Waals surface area contributed by atoms with Gasteiger partial charge >= 0.3 is 0 Å². The number of hydrogen-bond acceptors (Lipinski definition) is 3. The molecule has 1 atom stereocenters. The monoisotopic (exact) mass is 338 g/mol. The van der Waals surface area contributed by atoms with E-state index >= 15 is 0 Å². The number of nitrogens with zero attached hydrogens (tertiary/aromatic N) is 1. The lowest BCUT2D eigenvalue weighted by atomic mass is 10.0. The minimum absolute atomic E-state index is 0.0848. The first kappa shape index (κ1) is 17.2. The summed E-state index contributed by atoms with van der Waals surface area (Å²) < 4.78 is 4.99. The summed E-state index contributed by atoms with van der Waals surface area (Å²) in [6, 6.07) is 16.8. The van der Waals surface area contributed by atoms with Crippen molar-refractivity contribution >= 4 is 11.8 Å². The first-order valence-electron chi connectivity index (χ1n) is 8.40. The molecule has 2 aromatic carbocycles. The molecule has 130 valence electrons. The summed E-state index contributed by atoms with van der Waals surface area (Å²) in [7, 11) is 1.59. The van der Waals surface area contributed by atoms with Gasteiger partial charge in [-0.1, -0.05) is 48.5 Å². The second-order valence-electron chi connectivity index (χ2n) is 6.08. The Bertz CT molecular complexity index is 746. The maximum atomic E-state index is 12.8. The number of methoxy groups -OCH3 is 1. The van der Waals surface area contributed by atoms with Crippen LogP contribution >= 0.6 is 0 Å². The highest BCUT2D eigenvalue weighted by molar-refractivity contribution is 6.01. The van der Waals surface area contributed by atoms with Crippen LogP contribution in [0.5, 0.6) is 0 Å². The lowest BCUT2D eigenvalue weighted by Gasteiger charge is -2.27. The minimum Gasteiger partial charge on any atom is -0.383 e. The van der Waals surface area contributed by atoms with Crippen LogP contribution in [0.1, 0.15) is 21.5 Å². The molecule has 0 fully saturated rings. The highest BCUT2D eigenvalue weighted by Gasteiger charge is 2.36. The molecule has 1 aliphatic rings. The Morgan fingerprint density at radius 2 is 1.88 bits per heavy atom. The third kappa shape index (κ3) is 3.88. The summed E-state index contributed by atoms with van der Waals surface area (Å²) in [6.07, 6.45) is 0.486. The molecule has 3 rings (SSSR count). The van der Waals surface area contributed by atoms with Crippen LogP contribution in [0.4, 0.5) is 0 Å². The predicted octanol–water partition coefficient (Wildman–Crippen LogP) is 2.02. The van der Waals surface area contributed by atoms with Gasteiger partial charge in [-0.25, -0.2) is 0 Å². The van der Waals surface area contributed by atoms with Crippen molar-refractivity contribution in [3.63, 3.8) is 0 Å². The van der Waals surface area contributed by atoms with Crippen molar-refractivity contribution in [3.8, 4) is 0 Å². The summed E-state index contributed by atoms with van der Waals surface area (Å²) in [5.74, 6) is -0.236. The smallest absolute Gasteiger partial charge is 0.255 e. The van der Waals surface area contributed by atoms with Crippen molar-refractivity contribution < 1.29 is 14.3 Å². The normalized spacial score (nSPS) is 14.3. The van der Waals surface area contributed by atoms with E-state index in [9.17, 15) is 9.59 Å². The van der Waals surface area contributed by atoms with Crippen molar-refractivity contribution in [2.75, 3.05) is 20.3 Å². The van der Waals surface area contributed by atoms with Crippen molar-refractivity contribution in [2.45, 2.75) is 19.0 Å². The van der Waals surface area contributed by atoms with Crippen LogP contribution in [0.3, 0.4) is 0 Å². The fourth-order valence-corrected chi connectivity index (χ4v) is 3.10. The zero-order valence-electron chi connectivity index (χ0n) is 14.3. The average Bonchev–Trinajstić information content (AvgIpc) is 2.97. The molecule has 0 saturated carbocycles. The quantitative estimate of drug-likeness (QED) is 0.786. The number of hydrogen-bond donors (Lipinski definition) is 1. The summed E-state index contributed by atoms with van der Waals surface area (Å²) in [4.78, 5) is 27.2. The SMILES string of the molecule is COCCNC(=O)C(Cc1ccccc1)N1Cc2ccccc2C1=O. The molecule has 5 nitrogen and oxygen atoms in total. The van der Waals surface area contributed by atoms with Gasteiger partial charge in [-0.2, -0.15) is 0 Å². The van der Waals surface area contributed by atoms with E-state index in [1.54, 1.807) is 12.0 Å². The zero-order valence-corrected chi connectivity index (χ0v) is 14.3. The molecule has 0 bridgehead atoms. The van der Waals surface area contributed by atoms with E-state index < -0.39 is 6.04 Å². The van der Waals surface area contributed by atoms with E-state index in [2.05, 4.69) is 5.32 Å². The van der Waals surface area contributed by atoms with Gasteiger partial charge in [0.2, 0.25) is 5.91 Å². The molecule has 1 aliphatic heterocycles. The Labute approximate surface area is 147 Å². The maximum absolute atomic E-state index is 12.8. The Hall–Kier alpha value is -2.66.